The smallest absolute Gasteiger partial charge is 0.204 e. The van der Waals surface area contributed by atoms with Crippen LogP contribution in [0.2, 0.25) is 0 Å². The first-order valence-electron chi connectivity index (χ1n) is 2.73. The number of alkyl halides is 2. The predicted octanol–water partition coefficient (Wildman–Crippen LogP) is 0.0231. The molecule has 0 aliphatic carbocycles. The van der Waals surface area contributed by atoms with Gasteiger partial charge in [-0.1, -0.05) is 0 Å². The number of halogens is 2. The Morgan fingerprint density at radius 2 is 2.00 bits per heavy atom. The van der Waals surface area contributed by atoms with Gasteiger partial charge in [-0.25, -0.2) is 17.1 Å². The van der Waals surface area contributed by atoms with Crippen LogP contribution in [0, 0.1) is 0 Å². The summed E-state index contributed by atoms with van der Waals surface area (Å²) in [7, 11) is -2.67. The maximum Gasteiger partial charge on any atom is 0.204 e. The summed E-state index contributed by atoms with van der Waals surface area (Å²) in [5.74, 6) is 0.198. The molecule has 0 aromatic carbocycles. The summed E-state index contributed by atoms with van der Waals surface area (Å²) in [5.41, 5.74) is 0. The van der Waals surface area contributed by atoms with Crippen molar-refractivity contribution in [2.45, 2.75) is 0 Å². The van der Waals surface area contributed by atoms with Crippen molar-refractivity contribution < 1.29 is 12.8 Å². The van der Waals surface area contributed by atoms with Crippen molar-refractivity contribution >= 4 is 22.5 Å². The Morgan fingerprint density at radius 1 is 1.40 bits per heavy atom. The van der Waals surface area contributed by atoms with Gasteiger partial charge < -0.3 is 0 Å². The average Bonchev–Trinajstić information content (AvgIpc) is 1.87. The van der Waals surface area contributed by atoms with Crippen molar-refractivity contribution in [2.75, 3.05) is 25.6 Å². The SMILES string of the molecule is O=[SH](=O)N(CCF)CCCl. The van der Waals surface area contributed by atoms with Crippen molar-refractivity contribution in [3.8, 4) is 0 Å². The molecule has 0 heterocycles. The van der Waals surface area contributed by atoms with E-state index in [2.05, 4.69) is 0 Å². The number of hydrogen-bond acceptors (Lipinski definition) is 2. The molecule has 0 aliphatic heterocycles. The van der Waals surface area contributed by atoms with Crippen LogP contribution in [0.15, 0.2) is 0 Å². The molecule has 62 valence electrons. The highest BCUT2D eigenvalue weighted by molar-refractivity contribution is 7.69. The minimum atomic E-state index is -2.67. The molecule has 0 saturated carbocycles. The second-order valence-corrected chi connectivity index (χ2v) is 2.99. The van der Waals surface area contributed by atoms with Crippen LogP contribution in [0.3, 0.4) is 0 Å². The fourth-order valence-corrected chi connectivity index (χ4v) is 1.29. The van der Waals surface area contributed by atoms with Gasteiger partial charge in [-0.05, 0) is 0 Å². The molecular formula is C4H9ClFNO2S. The lowest BCUT2D eigenvalue weighted by Crippen LogP contribution is -2.26. The van der Waals surface area contributed by atoms with E-state index in [0.29, 0.717) is 0 Å². The lowest BCUT2D eigenvalue weighted by molar-refractivity contribution is 0.377. The number of hydrogen-bond donors (Lipinski definition) is 1. The van der Waals surface area contributed by atoms with Gasteiger partial charge in [0, 0.05) is 19.0 Å². The Morgan fingerprint density at radius 3 is 2.30 bits per heavy atom. The highest BCUT2D eigenvalue weighted by atomic mass is 35.5. The van der Waals surface area contributed by atoms with Crippen LogP contribution in [0.4, 0.5) is 4.39 Å². The fraction of sp³-hybridized carbons (Fsp3) is 1.00. The summed E-state index contributed by atoms with van der Waals surface area (Å²) in [4.78, 5) is 0. The van der Waals surface area contributed by atoms with E-state index < -0.39 is 17.6 Å². The summed E-state index contributed by atoms with van der Waals surface area (Å²) >= 11 is 5.24. The van der Waals surface area contributed by atoms with Gasteiger partial charge in [0.2, 0.25) is 10.9 Å². The van der Waals surface area contributed by atoms with E-state index in [-0.39, 0.29) is 19.0 Å². The van der Waals surface area contributed by atoms with Crippen molar-refractivity contribution in [2.24, 2.45) is 0 Å². The Hall–Kier alpha value is 0.130. The summed E-state index contributed by atoms with van der Waals surface area (Å²) in [6, 6.07) is 0. The molecule has 0 rings (SSSR count). The van der Waals surface area contributed by atoms with Crippen LogP contribution < -0.4 is 0 Å². The van der Waals surface area contributed by atoms with E-state index in [9.17, 15) is 12.8 Å². The Bertz CT molecular complexity index is 138. The van der Waals surface area contributed by atoms with Gasteiger partial charge in [0.25, 0.3) is 0 Å². The van der Waals surface area contributed by atoms with E-state index in [4.69, 9.17) is 11.6 Å². The topological polar surface area (TPSA) is 37.4 Å². The van der Waals surface area contributed by atoms with E-state index >= 15 is 0 Å². The maximum absolute atomic E-state index is 11.6. The molecule has 0 fully saturated rings. The second kappa shape index (κ2) is 5.88. The molecule has 0 spiro atoms. The fourth-order valence-electron chi connectivity index (χ4n) is 0.470. The molecule has 0 amide bonds. The van der Waals surface area contributed by atoms with Gasteiger partial charge in [0.1, 0.15) is 6.67 Å². The van der Waals surface area contributed by atoms with E-state index in [1.807, 2.05) is 0 Å². The quantitative estimate of drug-likeness (QED) is 0.489. The molecule has 0 aromatic heterocycles. The molecule has 0 radical (unpaired) electrons. The summed E-state index contributed by atoms with van der Waals surface area (Å²) < 4.78 is 33.0. The first kappa shape index (κ1) is 10.1. The predicted molar refractivity (Wildman–Crippen MR) is 38.6 cm³/mol. The van der Waals surface area contributed by atoms with Crippen LogP contribution in [-0.2, 0) is 10.9 Å². The van der Waals surface area contributed by atoms with Gasteiger partial charge >= 0.3 is 0 Å². The maximum atomic E-state index is 11.6. The van der Waals surface area contributed by atoms with Crippen LogP contribution in [0.25, 0.3) is 0 Å². The molecule has 0 aromatic rings. The van der Waals surface area contributed by atoms with Gasteiger partial charge in [-0.2, -0.15) is 0 Å². The lowest BCUT2D eigenvalue weighted by Gasteiger charge is -2.09. The first-order valence-corrected chi connectivity index (χ1v) is 4.40. The molecule has 10 heavy (non-hydrogen) atoms. The largest absolute Gasteiger partial charge is 0.250 e. The van der Waals surface area contributed by atoms with Crippen molar-refractivity contribution in [3.05, 3.63) is 0 Å². The molecule has 0 aliphatic rings. The number of rotatable bonds is 5. The van der Waals surface area contributed by atoms with Gasteiger partial charge in [0.15, 0.2) is 0 Å². The van der Waals surface area contributed by atoms with Gasteiger partial charge in [-0.15, -0.1) is 11.6 Å². The monoisotopic (exact) mass is 189 g/mol. The Balaban J connectivity index is 3.73. The van der Waals surface area contributed by atoms with Crippen LogP contribution >= 0.6 is 11.6 Å². The lowest BCUT2D eigenvalue weighted by atomic mass is 10.6. The molecular weight excluding hydrogens is 181 g/mol. The van der Waals surface area contributed by atoms with Crippen molar-refractivity contribution in [1.29, 1.82) is 0 Å². The molecule has 0 N–H and O–H groups in total. The third-order valence-electron chi connectivity index (χ3n) is 0.916. The van der Waals surface area contributed by atoms with Crippen molar-refractivity contribution in [3.63, 3.8) is 0 Å². The van der Waals surface area contributed by atoms with Crippen molar-refractivity contribution in [1.82, 2.24) is 4.31 Å². The first-order chi connectivity index (χ1) is 4.72. The van der Waals surface area contributed by atoms with Gasteiger partial charge in [0.05, 0.1) is 0 Å². The van der Waals surface area contributed by atoms with E-state index in [1.54, 1.807) is 0 Å². The van der Waals surface area contributed by atoms with E-state index in [1.165, 1.54) is 0 Å². The molecule has 0 bridgehead atoms. The zero-order valence-corrected chi connectivity index (χ0v) is 6.95. The van der Waals surface area contributed by atoms with Crippen LogP contribution in [0.5, 0.6) is 0 Å². The third-order valence-corrected chi connectivity index (χ3v) is 1.95. The zero-order chi connectivity index (χ0) is 7.98. The molecule has 3 nitrogen and oxygen atoms in total. The molecule has 0 atom stereocenters. The van der Waals surface area contributed by atoms with Gasteiger partial charge in [-0.3, -0.25) is 0 Å². The molecule has 0 unspecified atom stereocenters. The standard InChI is InChI=1S/C4H9ClFNO2S/c5-1-3-7(4-2-6)10(8)9/h10H,1-4H2. The zero-order valence-electron chi connectivity index (χ0n) is 5.30. The van der Waals surface area contributed by atoms with E-state index in [0.717, 1.165) is 4.31 Å². The molecule has 0 saturated heterocycles. The Kier molecular flexibility index (Phi) is 5.96. The minimum absolute atomic E-state index is 0.0918. The highest BCUT2D eigenvalue weighted by Gasteiger charge is 2.03. The molecule has 6 heteroatoms. The summed E-state index contributed by atoms with van der Waals surface area (Å²) in [5, 5.41) is 0. The third kappa shape index (κ3) is 4.03. The minimum Gasteiger partial charge on any atom is -0.250 e. The van der Waals surface area contributed by atoms with Crippen LogP contribution in [-0.4, -0.2) is 38.4 Å². The van der Waals surface area contributed by atoms with Crippen LogP contribution in [0.1, 0.15) is 0 Å². The number of thiol groups is 1. The summed E-state index contributed by atoms with van der Waals surface area (Å²) in [6.07, 6.45) is 0. The normalized spacial score (nSPS) is 11.2. The highest BCUT2D eigenvalue weighted by Crippen LogP contribution is 1.89. The average molecular weight is 190 g/mol. The summed E-state index contributed by atoms with van der Waals surface area (Å²) in [6.45, 7) is -0.574. The Labute approximate surface area is 65.9 Å². The second-order valence-electron chi connectivity index (χ2n) is 1.57. The number of nitrogens with zero attached hydrogens (tertiary/aromatic N) is 1.